The molecule has 126 valence electrons. The number of nitrogen functional groups attached to an aromatic ring is 1. The molecule has 0 aliphatic heterocycles. The number of benzene rings is 3. The number of hydrogen-bond donors (Lipinski definition) is 2. The first-order chi connectivity index (χ1) is 12.0. The Hall–Kier alpha value is -3.34. The van der Waals surface area contributed by atoms with Gasteiger partial charge in [0.1, 0.15) is 0 Å². The van der Waals surface area contributed by atoms with Crippen LogP contribution in [0.3, 0.4) is 0 Å². The molecule has 0 bridgehead atoms. The van der Waals surface area contributed by atoms with E-state index >= 15 is 0 Å². The molecular weight excluding hydrogens is 316 g/mol. The molecule has 0 aromatic heterocycles. The standard InChI is InChI=1S/C20H18N2O3/c1-13(25-20(24)15-8-4-9-16(21)12-15)19(23)22-18-11-5-7-14-6-2-3-10-17(14)18/h2-13H,21H2,1H3,(H,22,23). The van der Waals surface area contributed by atoms with Crippen molar-refractivity contribution in [3.8, 4) is 0 Å². The molecule has 0 saturated heterocycles. The molecule has 5 heteroatoms. The van der Waals surface area contributed by atoms with E-state index in [1.165, 1.54) is 13.0 Å². The molecule has 1 amide bonds. The van der Waals surface area contributed by atoms with Gasteiger partial charge in [0, 0.05) is 16.8 Å². The van der Waals surface area contributed by atoms with Gasteiger partial charge in [0.15, 0.2) is 6.10 Å². The number of anilines is 2. The first-order valence-electron chi connectivity index (χ1n) is 7.90. The summed E-state index contributed by atoms with van der Waals surface area (Å²) in [7, 11) is 0. The average Bonchev–Trinajstić information content (AvgIpc) is 2.62. The number of ether oxygens (including phenoxy) is 1. The second-order valence-electron chi connectivity index (χ2n) is 5.69. The fourth-order valence-electron chi connectivity index (χ4n) is 2.52. The lowest BCUT2D eigenvalue weighted by Crippen LogP contribution is -2.30. The quantitative estimate of drug-likeness (QED) is 0.564. The molecule has 25 heavy (non-hydrogen) atoms. The van der Waals surface area contributed by atoms with Crippen molar-refractivity contribution >= 4 is 34.0 Å². The van der Waals surface area contributed by atoms with E-state index in [0.717, 1.165) is 10.8 Å². The van der Waals surface area contributed by atoms with Crippen LogP contribution in [0.2, 0.25) is 0 Å². The Bertz CT molecular complexity index is 932. The molecule has 1 atom stereocenters. The van der Waals surface area contributed by atoms with Gasteiger partial charge in [0.05, 0.1) is 5.56 Å². The van der Waals surface area contributed by atoms with Crippen LogP contribution in [0.15, 0.2) is 66.7 Å². The van der Waals surface area contributed by atoms with E-state index < -0.39 is 18.0 Å². The first kappa shape index (κ1) is 16.5. The summed E-state index contributed by atoms with van der Waals surface area (Å²) in [5.74, 6) is -0.985. The number of fused-ring (bicyclic) bond motifs is 1. The topological polar surface area (TPSA) is 81.4 Å². The minimum absolute atomic E-state index is 0.310. The molecular formula is C20H18N2O3. The predicted octanol–water partition coefficient (Wildman–Crippen LogP) is 3.61. The third-order valence-corrected chi connectivity index (χ3v) is 3.82. The minimum Gasteiger partial charge on any atom is -0.449 e. The van der Waals surface area contributed by atoms with Crippen molar-refractivity contribution in [1.29, 1.82) is 0 Å². The lowest BCUT2D eigenvalue weighted by Gasteiger charge is -2.15. The van der Waals surface area contributed by atoms with Crippen LogP contribution in [0.1, 0.15) is 17.3 Å². The summed E-state index contributed by atoms with van der Waals surface area (Å²) in [6.07, 6.45) is -0.937. The zero-order chi connectivity index (χ0) is 17.8. The molecule has 0 aliphatic rings. The Labute approximate surface area is 145 Å². The van der Waals surface area contributed by atoms with E-state index in [-0.39, 0.29) is 0 Å². The summed E-state index contributed by atoms with van der Waals surface area (Å²) in [6, 6.07) is 19.8. The van der Waals surface area contributed by atoms with Gasteiger partial charge in [-0.2, -0.15) is 0 Å². The zero-order valence-corrected chi connectivity index (χ0v) is 13.7. The molecule has 3 aromatic rings. The number of amides is 1. The number of esters is 1. The summed E-state index contributed by atoms with van der Waals surface area (Å²) < 4.78 is 5.23. The van der Waals surface area contributed by atoms with Crippen molar-refractivity contribution in [2.45, 2.75) is 13.0 Å². The Morgan fingerprint density at radius 3 is 2.52 bits per heavy atom. The third kappa shape index (κ3) is 3.77. The van der Waals surface area contributed by atoms with Crippen LogP contribution in [0, 0.1) is 0 Å². The van der Waals surface area contributed by atoms with E-state index in [1.807, 2.05) is 42.5 Å². The maximum atomic E-state index is 12.4. The Kier molecular flexibility index (Phi) is 4.66. The van der Waals surface area contributed by atoms with E-state index in [9.17, 15) is 9.59 Å². The largest absolute Gasteiger partial charge is 0.449 e. The monoisotopic (exact) mass is 334 g/mol. The normalized spacial score (nSPS) is 11.7. The SMILES string of the molecule is CC(OC(=O)c1cccc(N)c1)C(=O)Nc1cccc2ccccc12. The number of carbonyl (C=O) groups is 2. The maximum absolute atomic E-state index is 12.4. The lowest BCUT2D eigenvalue weighted by atomic mass is 10.1. The summed E-state index contributed by atoms with van der Waals surface area (Å²) in [4.78, 5) is 24.5. The first-order valence-corrected chi connectivity index (χ1v) is 7.90. The number of carbonyl (C=O) groups excluding carboxylic acids is 2. The van der Waals surface area contributed by atoms with Gasteiger partial charge in [0.25, 0.3) is 5.91 Å². The Balaban J connectivity index is 1.71. The van der Waals surface area contributed by atoms with Gasteiger partial charge < -0.3 is 15.8 Å². The van der Waals surface area contributed by atoms with E-state index in [2.05, 4.69) is 5.32 Å². The molecule has 0 heterocycles. The van der Waals surface area contributed by atoms with Crippen LogP contribution in [-0.2, 0) is 9.53 Å². The molecule has 3 N–H and O–H groups in total. The summed E-state index contributed by atoms with van der Waals surface area (Å²) in [5.41, 5.74) is 7.10. The van der Waals surface area contributed by atoms with Crippen molar-refractivity contribution < 1.29 is 14.3 Å². The lowest BCUT2D eigenvalue weighted by molar-refractivity contribution is -0.123. The van der Waals surface area contributed by atoms with E-state index in [1.54, 1.807) is 18.2 Å². The van der Waals surface area contributed by atoms with Crippen LogP contribution in [-0.4, -0.2) is 18.0 Å². The van der Waals surface area contributed by atoms with Gasteiger partial charge in [-0.05, 0) is 36.6 Å². The predicted molar refractivity (Wildman–Crippen MR) is 98.3 cm³/mol. The highest BCUT2D eigenvalue weighted by Gasteiger charge is 2.19. The van der Waals surface area contributed by atoms with Crippen molar-refractivity contribution in [2.24, 2.45) is 0 Å². The van der Waals surface area contributed by atoms with Crippen molar-refractivity contribution in [3.63, 3.8) is 0 Å². The van der Waals surface area contributed by atoms with Crippen LogP contribution in [0.25, 0.3) is 10.8 Å². The van der Waals surface area contributed by atoms with Crippen molar-refractivity contribution in [1.82, 2.24) is 0 Å². The third-order valence-electron chi connectivity index (χ3n) is 3.82. The van der Waals surface area contributed by atoms with Crippen LogP contribution >= 0.6 is 0 Å². The fraction of sp³-hybridized carbons (Fsp3) is 0.100. The highest BCUT2D eigenvalue weighted by Crippen LogP contribution is 2.23. The van der Waals surface area contributed by atoms with Crippen LogP contribution in [0.4, 0.5) is 11.4 Å². The van der Waals surface area contributed by atoms with Crippen molar-refractivity contribution in [2.75, 3.05) is 11.1 Å². The molecule has 1 unspecified atom stereocenters. The van der Waals surface area contributed by atoms with Gasteiger partial charge in [-0.15, -0.1) is 0 Å². The summed E-state index contributed by atoms with van der Waals surface area (Å²) in [5, 5.41) is 4.75. The van der Waals surface area contributed by atoms with Crippen molar-refractivity contribution in [3.05, 3.63) is 72.3 Å². The molecule has 3 aromatic carbocycles. The summed E-state index contributed by atoms with van der Waals surface area (Å²) >= 11 is 0. The Morgan fingerprint density at radius 1 is 1.00 bits per heavy atom. The average molecular weight is 334 g/mol. The van der Waals surface area contributed by atoms with Gasteiger partial charge in [-0.3, -0.25) is 4.79 Å². The van der Waals surface area contributed by atoms with E-state index in [0.29, 0.717) is 16.9 Å². The molecule has 0 aliphatic carbocycles. The van der Waals surface area contributed by atoms with Crippen LogP contribution in [0.5, 0.6) is 0 Å². The second kappa shape index (κ2) is 7.05. The van der Waals surface area contributed by atoms with Gasteiger partial charge >= 0.3 is 5.97 Å². The number of rotatable bonds is 4. The smallest absolute Gasteiger partial charge is 0.338 e. The van der Waals surface area contributed by atoms with Gasteiger partial charge in [0.2, 0.25) is 0 Å². The number of hydrogen-bond acceptors (Lipinski definition) is 4. The number of nitrogens with one attached hydrogen (secondary N) is 1. The molecule has 0 saturated carbocycles. The molecule has 0 spiro atoms. The highest BCUT2D eigenvalue weighted by molar-refractivity contribution is 6.04. The number of nitrogens with two attached hydrogens (primary N) is 1. The zero-order valence-electron chi connectivity index (χ0n) is 13.7. The van der Waals surface area contributed by atoms with Gasteiger partial charge in [-0.1, -0.05) is 42.5 Å². The molecule has 3 rings (SSSR count). The molecule has 0 fully saturated rings. The van der Waals surface area contributed by atoms with Crippen LogP contribution < -0.4 is 11.1 Å². The molecule has 0 radical (unpaired) electrons. The molecule has 5 nitrogen and oxygen atoms in total. The second-order valence-corrected chi connectivity index (χ2v) is 5.69. The maximum Gasteiger partial charge on any atom is 0.338 e. The minimum atomic E-state index is -0.937. The highest BCUT2D eigenvalue weighted by atomic mass is 16.5. The fourth-order valence-corrected chi connectivity index (χ4v) is 2.52. The van der Waals surface area contributed by atoms with E-state index in [4.69, 9.17) is 10.5 Å². The van der Waals surface area contributed by atoms with Gasteiger partial charge in [-0.25, -0.2) is 4.79 Å². The Morgan fingerprint density at radius 2 is 1.72 bits per heavy atom. The summed E-state index contributed by atoms with van der Waals surface area (Å²) in [6.45, 7) is 1.53.